The fraction of sp³-hybridized carbons (Fsp3) is 0.435. The number of halogens is 1. The van der Waals surface area contributed by atoms with Gasteiger partial charge in [0.15, 0.2) is 0 Å². The third-order valence-electron chi connectivity index (χ3n) is 6.36. The average molecular weight is 462 g/mol. The molecule has 1 amide bonds. The van der Waals surface area contributed by atoms with Crippen molar-refractivity contribution in [1.82, 2.24) is 9.80 Å². The van der Waals surface area contributed by atoms with E-state index in [1.165, 1.54) is 25.3 Å². The van der Waals surface area contributed by atoms with Crippen LogP contribution in [0.5, 0.6) is 5.75 Å². The largest absolute Gasteiger partial charge is 0.496 e. The van der Waals surface area contributed by atoms with Crippen LogP contribution in [0.1, 0.15) is 35.7 Å². The summed E-state index contributed by atoms with van der Waals surface area (Å²) in [7, 11) is -1.96. The lowest BCUT2D eigenvalue weighted by Gasteiger charge is -2.40. The number of carbonyl (C=O) groups is 1. The highest BCUT2D eigenvalue weighted by atomic mass is 32.2. The molecule has 1 N–H and O–H groups in total. The SMILES string of the molecule is CCS(=O)(=O)Nc1ccc(C(=O)N2CCN(C3(c4ccc(F)cc4)CC3)CC2)c(OC)c1. The van der Waals surface area contributed by atoms with Gasteiger partial charge in [0.05, 0.1) is 24.1 Å². The summed E-state index contributed by atoms with van der Waals surface area (Å²) in [5.41, 5.74) is 1.85. The summed E-state index contributed by atoms with van der Waals surface area (Å²) >= 11 is 0. The van der Waals surface area contributed by atoms with E-state index in [1.54, 1.807) is 24.0 Å². The summed E-state index contributed by atoms with van der Waals surface area (Å²) in [5, 5.41) is 0. The predicted octanol–water partition coefficient (Wildman–Crippen LogP) is 3.04. The number of nitrogens with one attached hydrogen (secondary N) is 1. The van der Waals surface area contributed by atoms with E-state index in [-0.39, 0.29) is 23.0 Å². The molecule has 2 aromatic carbocycles. The van der Waals surface area contributed by atoms with E-state index in [1.807, 2.05) is 12.1 Å². The summed E-state index contributed by atoms with van der Waals surface area (Å²) in [6, 6.07) is 11.4. The number of hydrogen-bond acceptors (Lipinski definition) is 5. The van der Waals surface area contributed by atoms with Crippen LogP contribution in [0.2, 0.25) is 0 Å². The zero-order valence-corrected chi connectivity index (χ0v) is 19.1. The highest BCUT2D eigenvalue weighted by Crippen LogP contribution is 2.51. The van der Waals surface area contributed by atoms with Crippen molar-refractivity contribution in [3.05, 3.63) is 59.4 Å². The first-order chi connectivity index (χ1) is 15.3. The smallest absolute Gasteiger partial charge is 0.257 e. The first kappa shape index (κ1) is 22.5. The Morgan fingerprint density at radius 2 is 1.75 bits per heavy atom. The van der Waals surface area contributed by atoms with Gasteiger partial charge in [0, 0.05) is 37.8 Å². The molecule has 9 heteroatoms. The van der Waals surface area contributed by atoms with Crippen LogP contribution in [0.15, 0.2) is 42.5 Å². The third-order valence-corrected chi connectivity index (χ3v) is 7.67. The maximum atomic E-state index is 13.3. The molecule has 0 atom stereocenters. The molecule has 2 fully saturated rings. The fourth-order valence-corrected chi connectivity index (χ4v) is 4.99. The topological polar surface area (TPSA) is 79.0 Å². The van der Waals surface area contributed by atoms with Crippen molar-refractivity contribution < 1.29 is 22.3 Å². The molecular weight excluding hydrogens is 433 g/mol. The van der Waals surface area contributed by atoms with Gasteiger partial charge in [-0.05, 0) is 49.6 Å². The number of sulfonamides is 1. The summed E-state index contributed by atoms with van der Waals surface area (Å²) < 4.78 is 44.8. The van der Waals surface area contributed by atoms with Gasteiger partial charge in [0.1, 0.15) is 11.6 Å². The molecule has 4 rings (SSSR count). The second kappa shape index (κ2) is 8.71. The van der Waals surface area contributed by atoms with Crippen LogP contribution in [0.25, 0.3) is 0 Å². The standard InChI is InChI=1S/C23H28FN3O4S/c1-3-32(29,30)25-19-8-9-20(21(16-19)31-2)22(28)26-12-14-27(15-13-26)23(10-11-23)17-4-6-18(24)7-5-17/h4-9,16,25H,3,10-15H2,1-2H3. The van der Waals surface area contributed by atoms with E-state index in [0.29, 0.717) is 30.1 Å². The molecule has 0 radical (unpaired) electrons. The normalized spacial score (nSPS) is 18.3. The average Bonchev–Trinajstić information content (AvgIpc) is 3.61. The number of benzene rings is 2. The van der Waals surface area contributed by atoms with Gasteiger partial charge in [0.25, 0.3) is 5.91 Å². The van der Waals surface area contributed by atoms with Gasteiger partial charge in [-0.3, -0.25) is 14.4 Å². The molecule has 0 spiro atoms. The van der Waals surface area contributed by atoms with Crippen molar-refractivity contribution in [3.63, 3.8) is 0 Å². The van der Waals surface area contributed by atoms with E-state index in [4.69, 9.17) is 4.74 Å². The molecule has 1 aliphatic carbocycles. The maximum absolute atomic E-state index is 13.3. The number of piperazine rings is 1. The van der Waals surface area contributed by atoms with E-state index in [9.17, 15) is 17.6 Å². The van der Waals surface area contributed by atoms with Crippen LogP contribution in [0, 0.1) is 5.82 Å². The number of ether oxygens (including phenoxy) is 1. The molecule has 7 nitrogen and oxygen atoms in total. The summed E-state index contributed by atoms with van der Waals surface area (Å²) in [4.78, 5) is 17.3. The minimum Gasteiger partial charge on any atom is -0.496 e. The second-order valence-corrected chi connectivity index (χ2v) is 10.2. The van der Waals surface area contributed by atoms with Crippen molar-refractivity contribution in [2.75, 3.05) is 43.8 Å². The highest BCUT2D eigenvalue weighted by Gasteiger charge is 2.50. The Morgan fingerprint density at radius 3 is 2.31 bits per heavy atom. The van der Waals surface area contributed by atoms with Crippen LogP contribution in [0.4, 0.5) is 10.1 Å². The minimum atomic E-state index is -3.42. The Morgan fingerprint density at radius 1 is 1.09 bits per heavy atom. The Bertz CT molecular complexity index is 1090. The van der Waals surface area contributed by atoms with Gasteiger partial charge in [-0.25, -0.2) is 12.8 Å². The number of amides is 1. The first-order valence-corrected chi connectivity index (χ1v) is 12.4. The Hall–Kier alpha value is -2.65. The molecule has 1 heterocycles. The molecular formula is C23H28FN3O4S. The second-order valence-electron chi connectivity index (χ2n) is 8.24. The quantitative estimate of drug-likeness (QED) is 0.686. The number of nitrogens with zero attached hydrogens (tertiary/aromatic N) is 2. The molecule has 1 aliphatic heterocycles. The van der Waals surface area contributed by atoms with Gasteiger partial charge in [-0.1, -0.05) is 12.1 Å². The predicted molar refractivity (Wildman–Crippen MR) is 121 cm³/mol. The lowest BCUT2D eigenvalue weighted by Crippen LogP contribution is -2.52. The Labute approximate surface area is 188 Å². The maximum Gasteiger partial charge on any atom is 0.257 e. The van der Waals surface area contributed by atoms with Gasteiger partial charge < -0.3 is 9.64 Å². The summed E-state index contributed by atoms with van der Waals surface area (Å²) in [5.74, 6) is -0.0844. The first-order valence-electron chi connectivity index (χ1n) is 10.8. The fourth-order valence-electron chi connectivity index (χ4n) is 4.36. The van der Waals surface area contributed by atoms with Gasteiger partial charge in [0.2, 0.25) is 10.0 Å². The van der Waals surface area contributed by atoms with E-state index in [0.717, 1.165) is 31.5 Å². The lowest BCUT2D eigenvalue weighted by molar-refractivity contribution is 0.0528. The van der Waals surface area contributed by atoms with Crippen molar-refractivity contribution >= 4 is 21.6 Å². The number of methoxy groups -OCH3 is 1. The summed E-state index contributed by atoms with van der Waals surface area (Å²) in [6.07, 6.45) is 2.07. The molecule has 1 saturated carbocycles. The lowest BCUT2D eigenvalue weighted by atomic mass is 10.0. The Kier molecular flexibility index (Phi) is 6.13. The van der Waals surface area contributed by atoms with Crippen LogP contribution in [-0.4, -0.2) is 63.2 Å². The van der Waals surface area contributed by atoms with Crippen molar-refractivity contribution in [2.24, 2.45) is 0 Å². The molecule has 0 aromatic heterocycles. The monoisotopic (exact) mass is 461 g/mol. The zero-order valence-electron chi connectivity index (χ0n) is 18.3. The van der Waals surface area contributed by atoms with E-state index in [2.05, 4.69) is 9.62 Å². The zero-order chi connectivity index (χ0) is 22.9. The van der Waals surface area contributed by atoms with Gasteiger partial charge in [-0.2, -0.15) is 0 Å². The molecule has 1 saturated heterocycles. The molecule has 0 bridgehead atoms. The van der Waals surface area contributed by atoms with Crippen LogP contribution in [-0.2, 0) is 15.6 Å². The van der Waals surface area contributed by atoms with Gasteiger partial charge >= 0.3 is 0 Å². The third kappa shape index (κ3) is 4.45. The van der Waals surface area contributed by atoms with Crippen LogP contribution in [0.3, 0.4) is 0 Å². The van der Waals surface area contributed by atoms with E-state index < -0.39 is 10.0 Å². The Balaban J connectivity index is 1.44. The molecule has 2 aromatic rings. The minimum absolute atomic E-state index is 0.0420. The van der Waals surface area contributed by atoms with Crippen molar-refractivity contribution in [2.45, 2.75) is 25.3 Å². The number of hydrogen-bond donors (Lipinski definition) is 1. The number of anilines is 1. The molecule has 0 unspecified atom stereocenters. The van der Waals surface area contributed by atoms with Crippen LogP contribution < -0.4 is 9.46 Å². The molecule has 172 valence electrons. The van der Waals surface area contributed by atoms with Gasteiger partial charge in [-0.15, -0.1) is 0 Å². The van der Waals surface area contributed by atoms with Crippen LogP contribution >= 0.6 is 0 Å². The summed E-state index contributed by atoms with van der Waals surface area (Å²) in [6.45, 7) is 4.18. The van der Waals surface area contributed by atoms with Crippen molar-refractivity contribution in [3.8, 4) is 5.75 Å². The van der Waals surface area contributed by atoms with Crippen molar-refractivity contribution in [1.29, 1.82) is 0 Å². The molecule has 2 aliphatic rings. The number of rotatable bonds is 7. The van der Waals surface area contributed by atoms with E-state index >= 15 is 0 Å². The highest BCUT2D eigenvalue weighted by molar-refractivity contribution is 7.92. The number of carbonyl (C=O) groups excluding carboxylic acids is 1. The molecule has 32 heavy (non-hydrogen) atoms.